The maximum atomic E-state index is 10.7. The van der Waals surface area contributed by atoms with E-state index in [4.69, 9.17) is 22.0 Å². The Balaban J connectivity index is 3.24. The molecule has 0 unspecified atom stereocenters. The molecule has 0 radical (unpaired) electrons. The van der Waals surface area contributed by atoms with Gasteiger partial charge < -0.3 is 0 Å². The number of nitriles is 1. The Labute approximate surface area is 86.3 Å². The number of rotatable bonds is 2. The van der Waals surface area contributed by atoms with Crippen LogP contribution in [-0.2, 0) is 10.2 Å². The molecule has 0 bridgehead atoms. The second kappa shape index (κ2) is 3.84. The first-order valence-corrected chi connectivity index (χ1v) is 5.35. The van der Waals surface area contributed by atoms with Crippen molar-refractivity contribution >= 4 is 27.5 Å². The molecule has 0 fully saturated rings. The molecular formula is C7H6ClN3O2S. The van der Waals surface area contributed by atoms with Gasteiger partial charge in [0.05, 0.1) is 16.3 Å². The number of anilines is 1. The fraction of sp³-hybridized carbons (Fsp3) is 0. The lowest BCUT2D eigenvalue weighted by atomic mass is 10.2. The second-order valence-corrected chi connectivity index (χ2v) is 4.12. The summed E-state index contributed by atoms with van der Waals surface area (Å²) >= 11 is 5.66. The molecule has 7 heteroatoms. The summed E-state index contributed by atoms with van der Waals surface area (Å²) in [6.07, 6.45) is 0. The zero-order valence-electron chi connectivity index (χ0n) is 6.86. The van der Waals surface area contributed by atoms with Crippen molar-refractivity contribution in [1.82, 2.24) is 0 Å². The lowest BCUT2D eigenvalue weighted by molar-refractivity contribution is 0.603. The van der Waals surface area contributed by atoms with Crippen molar-refractivity contribution in [1.29, 1.82) is 5.26 Å². The molecular weight excluding hydrogens is 226 g/mol. The minimum atomic E-state index is -3.89. The summed E-state index contributed by atoms with van der Waals surface area (Å²) in [5.74, 6) is 0. The Hall–Kier alpha value is -1.29. The highest BCUT2D eigenvalue weighted by Crippen LogP contribution is 2.23. The number of nitrogens with two attached hydrogens (primary N) is 1. The van der Waals surface area contributed by atoms with Gasteiger partial charge in [-0.2, -0.15) is 13.7 Å². The van der Waals surface area contributed by atoms with Gasteiger partial charge in [0.15, 0.2) is 0 Å². The van der Waals surface area contributed by atoms with Crippen LogP contribution in [0.3, 0.4) is 0 Å². The standard InChI is InChI=1S/C7H6ClN3O2S/c8-6-2-1-3-7(5(6)4-9)11-14(10,12)13/h1-3,11H,(H2,10,12,13). The minimum Gasteiger partial charge on any atom is -0.270 e. The van der Waals surface area contributed by atoms with Crippen LogP contribution in [0.1, 0.15) is 5.56 Å². The summed E-state index contributed by atoms with van der Waals surface area (Å²) in [6.45, 7) is 0. The van der Waals surface area contributed by atoms with E-state index in [1.54, 1.807) is 6.07 Å². The average molecular weight is 232 g/mol. The molecule has 0 spiro atoms. The van der Waals surface area contributed by atoms with E-state index in [0.29, 0.717) is 0 Å². The second-order valence-electron chi connectivity index (χ2n) is 2.42. The van der Waals surface area contributed by atoms with Gasteiger partial charge in [0.2, 0.25) is 0 Å². The summed E-state index contributed by atoms with van der Waals surface area (Å²) in [7, 11) is -3.89. The molecule has 0 heterocycles. The Bertz CT molecular complexity index is 492. The third-order valence-electron chi connectivity index (χ3n) is 1.38. The predicted molar refractivity (Wildman–Crippen MR) is 52.9 cm³/mol. The maximum absolute atomic E-state index is 10.7. The number of nitrogens with zero attached hydrogens (tertiary/aromatic N) is 1. The first kappa shape index (κ1) is 10.8. The molecule has 0 saturated heterocycles. The summed E-state index contributed by atoms with van der Waals surface area (Å²) in [4.78, 5) is 0. The number of hydrogen-bond acceptors (Lipinski definition) is 3. The summed E-state index contributed by atoms with van der Waals surface area (Å²) in [5.41, 5.74) is 0.116. The third kappa shape index (κ3) is 2.60. The van der Waals surface area contributed by atoms with Gasteiger partial charge in [-0.15, -0.1) is 0 Å². The smallest absolute Gasteiger partial charge is 0.270 e. The quantitative estimate of drug-likeness (QED) is 0.789. The Kier molecular flexibility index (Phi) is 2.96. The van der Waals surface area contributed by atoms with Crippen LogP contribution >= 0.6 is 11.6 Å². The van der Waals surface area contributed by atoms with Crippen LogP contribution in [-0.4, -0.2) is 8.42 Å². The van der Waals surface area contributed by atoms with E-state index < -0.39 is 10.2 Å². The first-order chi connectivity index (χ1) is 6.44. The van der Waals surface area contributed by atoms with E-state index >= 15 is 0 Å². The fourth-order valence-electron chi connectivity index (χ4n) is 0.876. The number of halogens is 1. The van der Waals surface area contributed by atoms with E-state index in [-0.39, 0.29) is 16.3 Å². The Morgan fingerprint density at radius 2 is 2.14 bits per heavy atom. The zero-order chi connectivity index (χ0) is 10.8. The molecule has 0 aliphatic rings. The van der Waals surface area contributed by atoms with Gasteiger partial charge in [-0.3, -0.25) is 4.72 Å². The molecule has 14 heavy (non-hydrogen) atoms. The van der Waals surface area contributed by atoms with Gasteiger partial charge in [-0.1, -0.05) is 17.7 Å². The Morgan fingerprint density at radius 3 is 2.64 bits per heavy atom. The highest BCUT2D eigenvalue weighted by atomic mass is 35.5. The van der Waals surface area contributed by atoms with Crippen LogP contribution in [0.2, 0.25) is 5.02 Å². The van der Waals surface area contributed by atoms with Crippen molar-refractivity contribution < 1.29 is 8.42 Å². The molecule has 1 aromatic carbocycles. The minimum absolute atomic E-state index is 0.0446. The molecule has 1 aromatic rings. The highest BCUT2D eigenvalue weighted by Gasteiger charge is 2.09. The largest absolute Gasteiger partial charge is 0.296 e. The molecule has 3 N–H and O–H groups in total. The molecule has 5 nitrogen and oxygen atoms in total. The van der Waals surface area contributed by atoms with E-state index in [1.165, 1.54) is 18.2 Å². The van der Waals surface area contributed by atoms with Crippen molar-refractivity contribution in [3.8, 4) is 6.07 Å². The first-order valence-electron chi connectivity index (χ1n) is 3.43. The summed E-state index contributed by atoms with van der Waals surface area (Å²) < 4.78 is 23.4. The topological polar surface area (TPSA) is 96.0 Å². The highest BCUT2D eigenvalue weighted by molar-refractivity contribution is 7.90. The number of nitrogens with one attached hydrogen (secondary N) is 1. The van der Waals surface area contributed by atoms with Crippen LogP contribution < -0.4 is 9.86 Å². The van der Waals surface area contributed by atoms with E-state index in [0.717, 1.165) is 0 Å². The van der Waals surface area contributed by atoms with E-state index in [1.807, 2.05) is 4.72 Å². The van der Waals surface area contributed by atoms with E-state index in [2.05, 4.69) is 0 Å². The number of hydrogen-bond donors (Lipinski definition) is 2. The van der Waals surface area contributed by atoms with Crippen molar-refractivity contribution in [2.24, 2.45) is 5.14 Å². The molecule has 0 saturated carbocycles. The third-order valence-corrected chi connectivity index (χ3v) is 2.20. The average Bonchev–Trinajstić information content (AvgIpc) is 2.01. The van der Waals surface area contributed by atoms with Gasteiger partial charge >= 0.3 is 0 Å². The van der Waals surface area contributed by atoms with Crippen molar-refractivity contribution in [2.45, 2.75) is 0 Å². The molecule has 74 valence electrons. The van der Waals surface area contributed by atoms with Gasteiger partial charge in [0.1, 0.15) is 6.07 Å². The zero-order valence-corrected chi connectivity index (χ0v) is 8.43. The van der Waals surface area contributed by atoms with Crippen molar-refractivity contribution in [2.75, 3.05) is 4.72 Å². The van der Waals surface area contributed by atoms with Gasteiger partial charge in [0, 0.05) is 0 Å². The molecule has 0 aromatic heterocycles. The maximum Gasteiger partial charge on any atom is 0.296 e. The number of benzene rings is 1. The van der Waals surface area contributed by atoms with E-state index in [9.17, 15) is 8.42 Å². The molecule has 0 aliphatic heterocycles. The predicted octanol–water partition coefficient (Wildman–Crippen LogP) is 0.827. The van der Waals surface area contributed by atoms with Gasteiger partial charge in [-0.25, -0.2) is 5.14 Å². The van der Waals surface area contributed by atoms with Crippen molar-refractivity contribution in [3.05, 3.63) is 28.8 Å². The molecule has 0 atom stereocenters. The monoisotopic (exact) mass is 231 g/mol. The van der Waals surface area contributed by atoms with Gasteiger partial charge in [0.25, 0.3) is 10.2 Å². The Morgan fingerprint density at radius 1 is 1.50 bits per heavy atom. The normalized spacial score (nSPS) is 10.6. The fourth-order valence-corrected chi connectivity index (χ4v) is 1.57. The van der Waals surface area contributed by atoms with Crippen LogP contribution in [0.4, 0.5) is 5.69 Å². The SMILES string of the molecule is N#Cc1c(Cl)cccc1NS(N)(=O)=O. The summed E-state index contributed by atoms with van der Waals surface area (Å²) in [5, 5.41) is 13.6. The summed E-state index contributed by atoms with van der Waals surface area (Å²) in [6, 6.07) is 6.16. The molecule has 0 amide bonds. The lowest BCUT2D eigenvalue weighted by Crippen LogP contribution is -2.22. The van der Waals surface area contributed by atoms with Crippen LogP contribution in [0.5, 0.6) is 0 Å². The van der Waals surface area contributed by atoms with Crippen molar-refractivity contribution in [3.63, 3.8) is 0 Å². The van der Waals surface area contributed by atoms with Crippen LogP contribution in [0.25, 0.3) is 0 Å². The lowest BCUT2D eigenvalue weighted by Gasteiger charge is -2.05. The van der Waals surface area contributed by atoms with Crippen LogP contribution in [0, 0.1) is 11.3 Å². The molecule has 0 aliphatic carbocycles. The molecule has 1 rings (SSSR count). The van der Waals surface area contributed by atoms with Crippen LogP contribution in [0.15, 0.2) is 18.2 Å². The van der Waals surface area contributed by atoms with Gasteiger partial charge in [-0.05, 0) is 12.1 Å².